The predicted octanol–water partition coefficient (Wildman–Crippen LogP) is 6.69. The summed E-state index contributed by atoms with van der Waals surface area (Å²) in [6, 6.07) is 31.5. The molecular formula is C28H24NO7P. The summed E-state index contributed by atoms with van der Waals surface area (Å²) in [7, 11) is -4.18. The van der Waals surface area contributed by atoms with Crippen LogP contribution in [-0.4, -0.2) is 12.9 Å². The number of carbonyl (C=O) groups excluding carboxylic acids is 1. The van der Waals surface area contributed by atoms with Gasteiger partial charge in [0.25, 0.3) is 0 Å². The number of fused-ring (bicyclic) bond motifs is 1. The van der Waals surface area contributed by atoms with Gasteiger partial charge < -0.3 is 28.6 Å². The Morgan fingerprint density at radius 1 is 0.784 bits per heavy atom. The molecule has 9 heteroatoms. The average Bonchev–Trinajstić information content (AvgIpc) is 3.40. The van der Waals surface area contributed by atoms with Crippen molar-refractivity contribution in [3.05, 3.63) is 120 Å². The van der Waals surface area contributed by atoms with Gasteiger partial charge in [0.2, 0.25) is 6.79 Å². The predicted molar refractivity (Wildman–Crippen MR) is 137 cm³/mol. The van der Waals surface area contributed by atoms with Crippen molar-refractivity contribution in [1.82, 2.24) is 5.32 Å². The molecule has 0 aromatic heterocycles. The molecular weight excluding hydrogens is 493 g/mol. The highest BCUT2D eigenvalue weighted by atomic mass is 31.2. The molecule has 4 aromatic carbocycles. The summed E-state index contributed by atoms with van der Waals surface area (Å²) in [4.78, 5) is 13.0. The minimum absolute atomic E-state index is 0.0317. The highest BCUT2D eigenvalue weighted by molar-refractivity contribution is 7.55. The lowest BCUT2D eigenvalue weighted by Crippen LogP contribution is -2.31. The first-order valence-corrected chi connectivity index (χ1v) is 13.2. The first kappa shape index (κ1) is 24.3. The van der Waals surface area contributed by atoms with Crippen LogP contribution < -0.4 is 23.8 Å². The number of ether oxygens (including phenoxy) is 3. The van der Waals surface area contributed by atoms with E-state index in [1.165, 1.54) is 0 Å². The van der Waals surface area contributed by atoms with Gasteiger partial charge in [0.1, 0.15) is 18.1 Å². The molecule has 4 aromatic rings. The lowest BCUT2D eigenvalue weighted by atomic mass is 10.2. The minimum Gasteiger partial charge on any atom is -0.454 e. The van der Waals surface area contributed by atoms with E-state index >= 15 is 0 Å². The summed E-state index contributed by atoms with van der Waals surface area (Å²) in [5.74, 6) is 0.370. The fourth-order valence-corrected chi connectivity index (χ4v) is 5.55. The molecule has 37 heavy (non-hydrogen) atoms. The number of hydrogen-bond donors (Lipinski definition) is 1. The third-order valence-corrected chi connectivity index (χ3v) is 7.44. The number of nitrogens with one attached hydrogen (secondary N) is 1. The van der Waals surface area contributed by atoms with Crippen LogP contribution in [0.4, 0.5) is 4.79 Å². The maximum Gasteiger partial charge on any atom is 0.457 e. The second kappa shape index (κ2) is 11.1. The van der Waals surface area contributed by atoms with E-state index in [-0.39, 0.29) is 13.4 Å². The van der Waals surface area contributed by atoms with Gasteiger partial charge in [0.05, 0.1) is 0 Å². The number of rotatable bonds is 9. The van der Waals surface area contributed by atoms with E-state index in [9.17, 15) is 9.36 Å². The topological polar surface area (TPSA) is 92.3 Å². The molecule has 1 aliphatic rings. The Bertz CT molecular complexity index is 1340. The van der Waals surface area contributed by atoms with Crippen LogP contribution in [0.5, 0.6) is 23.0 Å². The number of benzene rings is 4. The molecule has 1 unspecified atom stereocenters. The average molecular weight is 517 g/mol. The highest BCUT2D eigenvalue weighted by Gasteiger charge is 2.43. The van der Waals surface area contributed by atoms with Gasteiger partial charge in [-0.05, 0) is 47.5 Å². The van der Waals surface area contributed by atoms with Crippen molar-refractivity contribution in [1.29, 1.82) is 0 Å². The monoisotopic (exact) mass is 517 g/mol. The van der Waals surface area contributed by atoms with Crippen LogP contribution in [0.3, 0.4) is 0 Å². The summed E-state index contributed by atoms with van der Waals surface area (Å²) >= 11 is 0. The molecule has 0 saturated carbocycles. The van der Waals surface area contributed by atoms with E-state index in [2.05, 4.69) is 5.32 Å². The number of para-hydroxylation sites is 2. The van der Waals surface area contributed by atoms with E-state index in [0.717, 1.165) is 5.56 Å². The van der Waals surface area contributed by atoms with Gasteiger partial charge in [-0.15, -0.1) is 0 Å². The highest BCUT2D eigenvalue weighted by Crippen LogP contribution is 2.59. The molecule has 0 spiro atoms. The van der Waals surface area contributed by atoms with E-state index in [1.807, 2.05) is 42.5 Å². The van der Waals surface area contributed by atoms with Crippen molar-refractivity contribution in [3.63, 3.8) is 0 Å². The summed E-state index contributed by atoms with van der Waals surface area (Å²) in [5, 5.41) is 2.71. The Kier molecular flexibility index (Phi) is 7.28. The van der Waals surface area contributed by atoms with Crippen LogP contribution >= 0.6 is 7.60 Å². The second-order valence-corrected chi connectivity index (χ2v) is 10.0. The van der Waals surface area contributed by atoms with Gasteiger partial charge in [0.15, 0.2) is 17.3 Å². The third kappa shape index (κ3) is 6.05. The summed E-state index contributed by atoms with van der Waals surface area (Å²) in [6.45, 7) is 0.0958. The van der Waals surface area contributed by atoms with Crippen molar-refractivity contribution < 1.29 is 32.6 Å². The van der Waals surface area contributed by atoms with Crippen molar-refractivity contribution in [2.24, 2.45) is 0 Å². The molecule has 1 amide bonds. The zero-order valence-electron chi connectivity index (χ0n) is 19.7. The zero-order valence-corrected chi connectivity index (χ0v) is 20.6. The SMILES string of the molecule is O=C(NC(c1ccc2c(c1)OCO2)P(=O)(Oc1ccccc1)Oc1ccccc1)OCc1ccccc1. The smallest absolute Gasteiger partial charge is 0.454 e. The Morgan fingerprint density at radius 2 is 1.35 bits per heavy atom. The first-order valence-electron chi connectivity index (χ1n) is 11.5. The van der Waals surface area contributed by atoms with Crippen LogP contribution in [0, 0.1) is 0 Å². The van der Waals surface area contributed by atoms with Crippen LogP contribution in [0.15, 0.2) is 109 Å². The molecule has 0 saturated heterocycles. The molecule has 1 aliphatic heterocycles. The van der Waals surface area contributed by atoms with E-state index in [1.54, 1.807) is 66.7 Å². The third-order valence-electron chi connectivity index (χ3n) is 5.45. The van der Waals surface area contributed by atoms with Crippen molar-refractivity contribution in [3.8, 4) is 23.0 Å². The molecule has 188 valence electrons. The maximum atomic E-state index is 14.6. The van der Waals surface area contributed by atoms with Crippen LogP contribution in [-0.2, 0) is 15.9 Å². The molecule has 0 aliphatic carbocycles. The fraction of sp³-hybridized carbons (Fsp3) is 0.107. The lowest BCUT2D eigenvalue weighted by molar-refractivity contribution is 0.137. The summed E-state index contributed by atoms with van der Waals surface area (Å²) in [5.41, 5.74) is 1.23. The van der Waals surface area contributed by atoms with Crippen molar-refractivity contribution in [2.75, 3.05) is 6.79 Å². The summed E-state index contributed by atoms with van der Waals surface area (Å²) in [6.07, 6.45) is -0.792. The number of alkyl carbamates (subject to hydrolysis) is 1. The van der Waals surface area contributed by atoms with Gasteiger partial charge in [-0.25, -0.2) is 9.36 Å². The van der Waals surface area contributed by atoms with E-state index in [0.29, 0.717) is 28.6 Å². The fourth-order valence-electron chi connectivity index (χ4n) is 3.69. The molecule has 0 bridgehead atoms. The van der Waals surface area contributed by atoms with E-state index < -0.39 is 19.5 Å². The molecule has 0 radical (unpaired) electrons. The number of amides is 1. The standard InChI is InChI=1S/C28H24NO7P/c30-28(32-19-21-10-4-1-5-11-21)29-27(22-16-17-25-26(18-22)34-20-33-25)37(31,35-23-12-6-2-7-13-23)36-24-14-8-3-9-15-24/h1-18,27H,19-20H2,(H,29,30). The first-order chi connectivity index (χ1) is 18.1. The molecule has 1 atom stereocenters. The summed E-state index contributed by atoms with van der Waals surface area (Å²) < 4.78 is 42.9. The Hall–Kier alpha value is -4.42. The van der Waals surface area contributed by atoms with Gasteiger partial charge in [-0.1, -0.05) is 72.8 Å². The van der Waals surface area contributed by atoms with Crippen molar-refractivity contribution in [2.45, 2.75) is 12.4 Å². The van der Waals surface area contributed by atoms with E-state index in [4.69, 9.17) is 23.3 Å². The molecule has 1 heterocycles. The van der Waals surface area contributed by atoms with Gasteiger partial charge in [-0.3, -0.25) is 0 Å². The normalized spacial score (nSPS) is 12.9. The minimum atomic E-state index is -4.18. The van der Waals surface area contributed by atoms with Gasteiger partial charge in [0, 0.05) is 0 Å². The lowest BCUT2D eigenvalue weighted by Gasteiger charge is -2.28. The number of hydrogen-bond acceptors (Lipinski definition) is 7. The Morgan fingerprint density at radius 3 is 1.97 bits per heavy atom. The van der Waals surface area contributed by atoms with Crippen LogP contribution in [0.25, 0.3) is 0 Å². The zero-order chi connectivity index (χ0) is 25.5. The molecule has 8 nitrogen and oxygen atoms in total. The van der Waals surface area contributed by atoms with Gasteiger partial charge in [-0.2, -0.15) is 0 Å². The molecule has 0 fully saturated rings. The maximum absolute atomic E-state index is 14.6. The Labute approximate surface area is 214 Å². The van der Waals surface area contributed by atoms with Crippen LogP contribution in [0.2, 0.25) is 0 Å². The van der Waals surface area contributed by atoms with Crippen LogP contribution in [0.1, 0.15) is 16.9 Å². The van der Waals surface area contributed by atoms with Crippen molar-refractivity contribution >= 4 is 13.7 Å². The van der Waals surface area contributed by atoms with Gasteiger partial charge >= 0.3 is 13.7 Å². The molecule has 1 N–H and O–H groups in total. The second-order valence-electron chi connectivity index (χ2n) is 8.07. The largest absolute Gasteiger partial charge is 0.457 e. The molecule has 5 rings (SSSR count). The quantitative estimate of drug-likeness (QED) is 0.247. The Balaban J connectivity index is 1.49. The number of carbonyl (C=O) groups is 1.